The molecular weight excluding hydrogens is 380 g/mol. The number of fused-ring (bicyclic) bond motifs is 1. The van der Waals surface area contributed by atoms with Crippen LogP contribution in [0.4, 0.5) is 0 Å². The van der Waals surface area contributed by atoms with Gasteiger partial charge in [-0.2, -0.15) is 16.1 Å². The highest BCUT2D eigenvalue weighted by molar-refractivity contribution is 7.17. The Morgan fingerprint density at radius 3 is 2.78 bits per heavy atom. The fourth-order valence-electron chi connectivity index (χ4n) is 2.85. The van der Waals surface area contributed by atoms with Crippen molar-refractivity contribution in [3.05, 3.63) is 68.7 Å². The number of hydrogen-bond donors (Lipinski definition) is 1. The maximum absolute atomic E-state index is 12.7. The number of thiophene rings is 2. The molecule has 5 rings (SSSR count). The van der Waals surface area contributed by atoms with Crippen molar-refractivity contribution >= 4 is 32.9 Å². The number of rotatable bonds is 4. The Hall–Kier alpha value is -3.17. The number of aromatic nitrogens is 6. The molecule has 9 heteroatoms. The van der Waals surface area contributed by atoms with E-state index in [-0.39, 0.29) is 12.1 Å². The Morgan fingerprint density at radius 1 is 1.07 bits per heavy atom. The maximum atomic E-state index is 12.7. The van der Waals surface area contributed by atoms with E-state index in [4.69, 9.17) is 0 Å². The predicted octanol–water partition coefficient (Wildman–Crippen LogP) is 3.41. The summed E-state index contributed by atoms with van der Waals surface area (Å²) >= 11 is 3.03. The van der Waals surface area contributed by atoms with Gasteiger partial charge < -0.3 is 4.98 Å². The number of tetrazole rings is 1. The van der Waals surface area contributed by atoms with Crippen molar-refractivity contribution in [3.63, 3.8) is 0 Å². The third-order valence-electron chi connectivity index (χ3n) is 4.10. The molecule has 7 nitrogen and oxygen atoms in total. The van der Waals surface area contributed by atoms with Gasteiger partial charge in [0.05, 0.1) is 5.39 Å². The summed E-state index contributed by atoms with van der Waals surface area (Å²) in [5, 5.41) is 19.0. The van der Waals surface area contributed by atoms with E-state index in [9.17, 15) is 4.79 Å². The van der Waals surface area contributed by atoms with Crippen LogP contribution >= 0.6 is 22.7 Å². The molecule has 27 heavy (non-hydrogen) atoms. The van der Waals surface area contributed by atoms with Crippen LogP contribution in [0, 0.1) is 0 Å². The van der Waals surface area contributed by atoms with Gasteiger partial charge in [0.25, 0.3) is 5.56 Å². The molecule has 0 aliphatic heterocycles. The van der Waals surface area contributed by atoms with E-state index in [1.165, 1.54) is 16.1 Å². The lowest BCUT2D eigenvalue weighted by Crippen LogP contribution is -2.15. The molecule has 1 N–H and O–H groups in total. The molecule has 1 aromatic carbocycles. The molecule has 0 saturated carbocycles. The molecule has 0 spiro atoms. The Kier molecular flexibility index (Phi) is 3.88. The minimum Gasteiger partial charge on any atom is -0.308 e. The van der Waals surface area contributed by atoms with Gasteiger partial charge in [-0.25, -0.2) is 4.98 Å². The monoisotopic (exact) mass is 392 g/mol. The van der Waals surface area contributed by atoms with E-state index >= 15 is 0 Å². The number of hydrogen-bond acceptors (Lipinski definition) is 7. The SMILES string of the molecule is O=c1[nH]c(Cn2nnc(-c3ccsc3)n2)nc2scc(-c3ccccc3)c12. The van der Waals surface area contributed by atoms with Gasteiger partial charge in [0.1, 0.15) is 17.2 Å². The average molecular weight is 392 g/mol. The molecule has 0 aliphatic rings. The van der Waals surface area contributed by atoms with Crippen LogP contribution in [0.25, 0.3) is 32.7 Å². The van der Waals surface area contributed by atoms with E-state index in [1.54, 1.807) is 11.3 Å². The summed E-state index contributed by atoms with van der Waals surface area (Å²) in [7, 11) is 0. The fourth-order valence-corrected chi connectivity index (χ4v) is 4.45. The standard InChI is InChI=1S/C18H12N6OS2/c25-17-15-13(11-4-2-1-3-5-11)10-27-18(15)20-14(19-17)8-24-22-16(21-23-24)12-6-7-26-9-12/h1-7,9-10H,8H2,(H,19,20,25). The topological polar surface area (TPSA) is 89.4 Å². The Balaban J connectivity index is 1.50. The molecule has 0 bridgehead atoms. The molecule has 5 aromatic rings. The minimum atomic E-state index is -0.159. The van der Waals surface area contributed by atoms with Crippen LogP contribution in [0.3, 0.4) is 0 Å². The number of nitrogens with zero attached hydrogens (tertiary/aromatic N) is 5. The van der Waals surface area contributed by atoms with Crippen molar-refractivity contribution in [2.75, 3.05) is 0 Å². The first kappa shape index (κ1) is 16.0. The summed E-state index contributed by atoms with van der Waals surface area (Å²) in [5.74, 6) is 1.06. The molecule has 0 aliphatic carbocycles. The first-order chi connectivity index (χ1) is 13.3. The van der Waals surface area contributed by atoms with Gasteiger partial charge in [0.15, 0.2) is 0 Å². The average Bonchev–Trinajstić information content (AvgIpc) is 3.43. The Labute approximate surface area is 161 Å². The Bertz CT molecular complexity index is 1270. The molecule has 4 aromatic heterocycles. The molecule has 132 valence electrons. The zero-order valence-electron chi connectivity index (χ0n) is 13.9. The van der Waals surface area contributed by atoms with E-state index in [0.29, 0.717) is 21.9 Å². The lowest BCUT2D eigenvalue weighted by Gasteiger charge is -2.01. The molecule has 0 unspecified atom stereocenters. The van der Waals surface area contributed by atoms with Crippen LogP contribution in [0.1, 0.15) is 5.82 Å². The lowest BCUT2D eigenvalue weighted by atomic mass is 10.1. The van der Waals surface area contributed by atoms with Crippen LogP contribution in [-0.4, -0.2) is 30.2 Å². The van der Waals surface area contributed by atoms with Crippen LogP contribution in [0.5, 0.6) is 0 Å². The van der Waals surface area contributed by atoms with Crippen LogP contribution in [0.2, 0.25) is 0 Å². The summed E-state index contributed by atoms with van der Waals surface area (Å²) in [6.07, 6.45) is 0. The van der Waals surface area contributed by atoms with Gasteiger partial charge in [-0.3, -0.25) is 4.79 Å². The van der Waals surface area contributed by atoms with Gasteiger partial charge in [0.2, 0.25) is 5.82 Å². The second kappa shape index (κ2) is 6.53. The van der Waals surface area contributed by atoms with Crippen LogP contribution in [0.15, 0.2) is 57.3 Å². The number of nitrogens with one attached hydrogen (secondary N) is 1. The molecular formula is C18H12N6OS2. The van der Waals surface area contributed by atoms with Crippen molar-refractivity contribution in [3.8, 4) is 22.5 Å². The molecule has 4 heterocycles. The third-order valence-corrected chi connectivity index (χ3v) is 5.66. The number of benzene rings is 1. The second-order valence-corrected chi connectivity index (χ2v) is 7.50. The largest absolute Gasteiger partial charge is 0.308 e. The first-order valence-corrected chi connectivity index (χ1v) is 9.96. The molecule has 0 radical (unpaired) electrons. The van der Waals surface area contributed by atoms with Gasteiger partial charge in [-0.1, -0.05) is 30.3 Å². The highest BCUT2D eigenvalue weighted by atomic mass is 32.1. The zero-order valence-corrected chi connectivity index (χ0v) is 15.5. The van der Waals surface area contributed by atoms with Gasteiger partial charge in [-0.15, -0.1) is 21.5 Å². The zero-order chi connectivity index (χ0) is 18.2. The van der Waals surface area contributed by atoms with Crippen molar-refractivity contribution in [2.45, 2.75) is 6.54 Å². The fraction of sp³-hybridized carbons (Fsp3) is 0.0556. The molecule has 0 amide bonds. The highest BCUT2D eigenvalue weighted by Gasteiger charge is 2.14. The maximum Gasteiger partial charge on any atom is 0.260 e. The normalized spacial score (nSPS) is 11.3. The van der Waals surface area contributed by atoms with Gasteiger partial charge >= 0.3 is 0 Å². The van der Waals surface area contributed by atoms with E-state index in [1.807, 2.05) is 52.5 Å². The van der Waals surface area contributed by atoms with Crippen molar-refractivity contribution in [2.24, 2.45) is 0 Å². The van der Waals surface area contributed by atoms with Crippen molar-refractivity contribution < 1.29 is 0 Å². The first-order valence-electron chi connectivity index (χ1n) is 8.14. The Morgan fingerprint density at radius 2 is 1.96 bits per heavy atom. The van der Waals surface area contributed by atoms with Gasteiger partial charge in [0, 0.05) is 21.9 Å². The predicted molar refractivity (Wildman–Crippen MR) is 106 cm³/mol. The van der Waals surface area contributed by atoms with Gasteiger partial charge in [-0.05, 0) is 22.2 Å². The molecule has 0 saturated heterocycles. The highest BCUT2D eigenvalue weighted by Crippen LogP contribution is 2.30. The van der Waals surface area contributed by atoms with Crippen LogP contribution < -0.4 is 5.56 Å². The minimum absolute atomic E-state index is 0.159. The number of H-pyrrole nitrogens is 1. The van der Waals surface area contributed by atoms with Crippen LogP contribution in [-0.2, 0) is 6.54 Å². The summed E-state index contributed by atoms with van der Waals surface area (Å²) in [5.41, 5.74) is 2.67. The smallest absolute Gasteiger partial charge is 0.260 e. The third kappa shape index (κ3) is 2.96. The molecule has 0 atom stereocenters. The summed E-state index contributed by atoms with van der Waals surface area (Å²) in [4.78, 5) is 22.3. The lowest BCUT2D eigenvalue weighted by molar-refractivity contribution is 0.555. The van der Waals surface area contributed by atoms with E-state index in [2.05, 4.69) is 25.4 Å². The van der Waals surface area contributed by atoms with E-state index < -0.39 is 0 Å². The number of aromatic amines is 1. The summed E-state index contributed by atoms with van der Waals surface area (Å²) < 4.78 is 0. The molecule has 0 fully saturated rings. The quantitative estimate of drug-likeness (QED) is 0.506. The summed E-state index contributed by atoms with van der Waals surface area (Å²) in [6, 6.07) is 11.8. The van der Waals surface area contributed by atoms with Crippen molar-refractivity contribution in [1.82, 2.24) is 30.2 Å². The van der Waals surface area contributed by atoms with Crippen molar-refractivity contribution in [1.29, 1.82) is 0 Å². The van der Waals surface area contributed by atoms with E-state index in [0.717, 1.165) is 16.7 Å². The summed E-state index contributed by atoms with van der Waals surface area (Å²) in [6.45, 7) is 0.251. The second-order valence-electron chi connectivity index (χ2n) is 5.86.